The molecule has 88 valence electrons. The Hall–Kier alpha value is -0.600. The van der Waals surface area contributed by atoms with E-state index in [2.05, 4.69) is 11.9 Å². The van der Waals surface area contributed by atoms with Crippen molar-refractivity contribution in [2.24, 2.45) is 5.92 Å². The molecule has 0 spiro atoms. The zero-order chi connectivity index (χ0) is 11.5. The molecule has 2 atom stereocenters. The summed E-state index contributed by atoms with van der Waals surface area (Å²) in [6, 6.07) is 6.87. The largest absolute Gasteiger partial charge is 0.306 e. The van der Waals surface area contributed by atoms with Crippen LogP contribution >= 0.6 is 11.6 Å². The van der Waals surface area contributed by atoms with Gasteiger partial charge in [-0.05, 0) is 49.5 Å². The van der Waals surface area contributed by atoms with Crippen molar-refractivity contribution in [3.8, 4) is 0 Å². The minimum absolute atomic E-state index is 0.167. The Morgan fingerprint density at radius 3 is 2.69 bits per heavy atom. The molecular formula is C13H17ClFN. The molecule has 1 aliphatic heterocycles. The first-order valence-electron chi connectivity index (χ1n) is 5.70. The number of hydrogen-bond donors (Lipinski definition) is 0. The van der Waals surface area contributed by atoms with Crippen molar-refractivity contribution in [3.63, 3.8) is 0 Å². The highest BCUT2D eigenvalue weighted by atomic mass is 35.5. The molecule has 2 rings (SSSR count). The van der Waals surface area contributed by atoms with Gasteiger partial charge >= 0.3 is 0 Å². The van der Waals surface area contributed by atoms with Gasteiger partial charge in [-0.3, -0.25) is 0 Å². The molecule has 1 aromatic carbocycles. The quantitative estimate of drug-likeness (QED) is 0.720. The minimum atomic E-state index is -0.167. The van der Waals surface area contributed by atoms with E-state index in [-0.39, 0.29) is 5.82 Å². The smallest absolute Gasteiger partial charge is 0.123 e. The Morgan fingerprint density at radius 2 is 2.06 bits per heavy atom. The highest BCUT2D eigenvalue weighted by molar-refractivity contribution is 6.18. The van der Waals surface area contributed by atoms with Crippen LogP contribution in [-0.2, 0) is 0 Å². The zero-order valence-electron chi connectivity index (χ0n) is 9.50. The van der Waals surface area contributed by atoms with Crippen molar-refractivity contribution in [2.75, 3.05) is 26.0 Å². The molecule has 0 amide bonds. The van der Waals surface area contributed by atoms with Gasteiger partial charge in [-0.15, -0.1) is 11.6 Å². The fourth-order valence-electron chi connectivity index (χ4n) is 2.52. The Kier molecular flexibility index (Phi) is 3.82. The summed E-state index contributed by atoms with van der Waals surface area (Å²) in [6.07, 6.45) is 1.11. The monoisotopic (exact) mass is 241 g/mol. The fourth-order valence-corrected chi connectivity index (χ4v) is 2.83. The van der Waals surface area contributed by atoms with Crippen molar-refractivity contribution in [2.45, 2.75) is 12.3 Å². The first kappa shape index (κ1) is 11.9. The van der Waals surface area contributed by atoms with Crippen LogP contribution < -0.4 is 0 Å². The van der Waals surface area contributed by atoms with E-state index in [1.54, 1.807) is 12.1 Å². The number of nitrogens with zero attached hydrogens (tertiary/aromatic N) is 1. The van der Waals surface area contributed by atoms with E-state index in [4.69, 9.17) is 11.6 Å². The summed E-state index contributed by atoms with van der Waals surface area (Å²) < 4.78 is 12.9. The first-order valence-corrected chi connectivity index (χ1v) is 6.24. The van der Waals surface area contributed by atoms with Crippen molar-refractivity contribution in [1.29, 1.82) is 0 Å². The molecule has 0 unspecified atom stereocenters. The summed E-state index contributed by atoms with van der Waals surface area (Å²) in [4.78, 5) is 2.31. The molecule has 16 heavy (non-hydrogen) atoms. The fraction of sp³-hybridized carbons (Fsp3) is 0.538. The third kappa shape index (κ3) is 2.55. The third-order valence-corrected chi connectivity index (χ3v) is 3.83. The van der Waals surface area contributed by atoms with Crippen molar-refractivity contribution >= 4 is 11.6 Å². The van der Waals surface area contributed by atoms with Crippen LogP contribution in [0.2, 0.25) is 0 Å². The van der Waals surface area contributed by atoms with Crippen LogP contribution in [0.3, 0.4) is 0 Å². The van der Waals surface area contributed by atoms with E-state index in [9.17, 15) is 4.39 Å². The highest BCUT2D eigenvalue weighted by Crippen LogP contribution is 2.33. The molecule has 1 saturated heterocycles. The molecule has 0 bridgehead atoms. The molecule has 0 saturated carbocycles. The van der Waals surface area contributed by atoms with Gasteiger partial charge in [0.25, 0.3) is 0 Å². The second kappa shape index (κ2) is 5.15. The van der Waals surface area contributed by atoms with Crippen LogP contribution in [0.1, 0.15) is 17.9 Å². The summed E-state index contributed by atoms with van der Waals surface area (Å²) in [6.45, 7) is 2.13. The van der Waals surface area contributed by atoms with E-state index in [0.29, 0.717) is 17.7 Å². The van der Waals surface area contributed by atoms with E-state index in [1.807, 2.05) is 12.1 Å². The van der Waals surface area contributed by atoms with E-state index >= 15 is 0 Å². The van der Waals surface area contributed by atoms with Crippen molar-refractivity contribution in [1.82, 2.24) is 4.90 Å². The molecule has 1 fully saturated rings. The molecule has 1 nitrogen and oxygen atoms in total. The Labute approximate surface area is 101 Å². The van der Waals surface area contributed by atoms with Crippen LogP contribution in [0.25, 0.3) is 0 Å². The van der Waals surface area contributed by atoms with Crippen LogP contribution in [0.15, 0.2) is 24.3 Å². The molecule has 0 aliphatic carbocycles. The molecule has 0 N–H and O–H groups in total. The Bertz CT molecular complexity index is 338. The lowest BCUT2D eigenvalue weighted by atomic mass is 9.81. The van der Waals surface area contributed by atoms with Crippen LogP contribution in [-0.4, -0.2) is 30.9 Å². The molecule has 1 heterocycles. The summed E-state index contributed by atoms with van der Waals surface area (Å²) in [5.41, 5.74) is 1.22. The lowest BCUT2D eigenvalue weighted by molar-refractivity contribution is 0.197. The van der Waals surface area contributed by atoms with E-state index in [0.717, 1.165) is 19.5 Å². The topological polar surface area (TPSA) is 3.24 Å². The maximum absolute atomic E-state index is 12.9. The van der Waals surface area contributed by atoms with Gasteiger partial charge in [0.2, 0.25) is 0 Å². The lowest BCUT2D eigenvalue weighted by Crippen LogP contribution is -2.37. The predicted molar refractivity (Wildman–Crippen MR) is 65.5 cm³/mol. The van der Waals surface area contributed by atoms with Crippen molar-refractivity contribution in [3.05, 3.63) is 35.6 Å². The second-order valence-electron chi connectivity index (χ2n) is 4.62. The Morgan fingerprint density at radius 1 is 1.38 bits per heavy atom. The number of likely N-dealkylation sites (tertiary alicyclic amines) is 1. The number of halogens is 2. The number of alkyl halides is 1. The van der Waals surface area contributed by atoms with Gasteiger partial charge in [-0.25, -0.2) is 4.39 Å². The highest BCUT2D eigenvalue weighted by Gasteiger charge is 2.28. The summed E-state index contributed by atoms with van der Waals surface area (Å²) in [5, 5.41) is 0. The summed E-state index contributed by atoms with van der Waals surface area (Å²) >= 11 is 6.02. The number of benzene rings is 1. The third-order valence-electron chi connectivity index (χ3n) is 3.43. The van der Waals surface area contributed by atoms with Gasteiger partial charge in [0, 0.05) is 12.4 Å². The molecular weight excluding hydrogens is 225 g/mol. The van der Waals surface area contributed by atoms with Crippen LogP contribution in [0, 0.1) is 11.7 Å². The van der Waals surface area contributed by atoms with Crippen molar-refractivity contribution < 1.29 is 4.39 Å². The van der Waals surface area contributed by atoms with Gasteiger partial charge in [0.05, 0.1) is 0 Å². The average Bonchev–Trinajstić information content (AvgIpc) is 2.30. The van der Waals surface area contributed by atoms with Gasteiger partial charge in [0.1, 0.15) is 5.82 Å². The second-order valence-corrected chi connectivity index (χ2v) is 4.93. The molecule has 1 aromatic rings. The van der Waals surface area contributed by atoms with E-state index < -0.39 is 0 Å². The number of rotatable bonds is 2. The number of piperidine rings is 1. The normalized spacial score (nSPS) is 26.9. The lowest BCUT2D eigenvalue weighted by Gasteiger charge is -2.36. The van der Waals surface area contributed by atoms with Crippen LogP contribution in [0.5, 0.6) is 0 Å². The molecule has 3 heteroatoms. The minimum Gasteiger partial charge on any atom is -0.306 e. The van der Waals surface area contributed by atoms with Gasteiger partial charge in [-0.1, -0.05) is 12.1 Å². The maximum atomic E-state index is 12.9. The Balaban J connectivity index is 2.15. The first-order chi connectivity index (χ1) is 7.70. The molecule has 0 aromatic heterocycles. The van der Waals surface area contributed by atoms with E-state index in [1.165, 1.54) is 5.56 Å². The molecule has 1 aliphatic rings. The predicted octanol–water partition coefficient (Wildman–Crippen LogP) is 3.10. The van der Waals surface area contributed by atoms with Gasteiger partial charge in [0.15, 0.2) is 0 Å². The maximum Gasteiger partial charge on any atom is 0.123 e. The SMILES string of the molecule is CN1CC[C@H](c2ccc(F)cc2)[C@@H](CCl)C1. The summed E-state index contributed by atoms with van der Waals surface area (Å²) in [5.74, 6) is 1.46. The standard InChI is InChI=1S/C13H17ClFN/c1-16-7-6-13(11(8-14)9-16)10-2-4-12(15)5-3-10/h2-5,11,13H,6-9H2,1H3/t11-,13+/m0/s1. The summed E-state index contributed by atoms with van der Waals surface area (Å²) in [7, 11) is 2.13. The average molecular weight is 242 g/mol. The van der Waals surface area contributed by atoms with Gasteiger partial charge < -0.3 is 4.90 Å². The zero-order valence-corrected chi connectivity index (χ0v) is 10.3. The van der Waals surface area contributed by atoms with Gasteiger partial charge in [-0.2, -0.15) is 0 Å². The number of hydrogen-bond acceptors (Lipinski definition) is 1. The molecule has 0 radical (unpaired) electrons. The van der Waals surface area contributed by atoms with Crippen LogP contribution in [0.4, 0.5) is 4.39 Å².